The highest BCUT2D eigenvalue weighted by molar-refractivity contribution is 5.98. The van der Waals surface area contributed by atoms with Gasteiger partial charge in [0.15, 0.2) is 5.41 Å². The zero-order valence-corrected chi connectivity index (χ0v) is 11.7. The lowest BCUT2D eigenvalue weighted by atomic mass is 9.68. The number of carboxylic acid groups (broad SMARTS) is 2. The number of rotatable bonds is 7. The van der Waals surface area contributed by atoms with E-state index in [1.165, 1.54) is 0 Å². The molecule has 7 nitrogen and oxygen atoms in total. The predicted molar refractivity (Wildman–Crippen MR) is 72.1 cm³/mol. The van der Waals surface area contributed by atoms with Crippen LogP contribution in [0.1, 0.15) is 32.6 Å². The van der Waals surface area contributed by atoms with Crippen LogP contribution in [0.25, 0.3) is 0 Å². The van der Waals surface area contributed by atoms with Crippen LogP contribution in [0, 0.1) is 11.3 Å². The highest BCUT2D eigenvalue weighted by atomic mass is 16.5. The number of nitrogens with two attached hydrogens (primary N) is 2. The Morgan fingerprint density at radius 2 is 1.90 bits per heavy atom. The molecule has 3 unspecified atom stereocenters. The molecule has 0 amide bonds. The van der Waals surface area contributed by atoms with Gasteiger partial charge in [0.1, 0.15) is 0 Å². The Bertz CT molecular complexity index is 347. The molecule has 0 aromatic rings. The predicted octanol–water partition coefficient (Wildman–Crippen LogP) is 0.0233. The van der Waals surface area contributed by atoms with Crippen molar-refractivity contribution in [2.75, 3.05) is 13.2 Å². The largest absolute Gasteiger partial charge is 0.480 e. The van der Waals surface area contributed by atoms with Crippen molar-refractivity contribution in [3.8, 4) is 0 Å². The Hall–Kier alpha value is -1.18. The fourth-order valence-corrected chi connectivity index (χ4v) is 2.69. The minimum absolute atomic E-state index is 0.00499. The van der Waals surface area contributed by atoms with Gasteiger partial charge in [-0.25, -0.2) is 0 Å². The van der Waals surface area contributed by atoms with Crippen LogP contribution in [0.5, 0.6) is 0 Å². The maximum atomic E-state index is 11.5. The van der Waals surface area contributed by atoms with Crippen molar-refractivity contribution in [3.63, 3.8) is 0 Å². The van der Waals surface area contributed by atoms with Crippen molar-refractivity contribution in [1.29, 1.82) is 0 Å². The Labute approximate surface area is 118 Å². The number of aliphatic carboxylic acids is 2. The molecule has 6 N–H and O–H groups in total. The van der Waals surface area contributed by atoms with E-state index in [4.69, 9.17) is 16.2 Å². The molecule has 1 rings (SSSR count). The van der Waals surface area contributed by atoms with E-state index in [2.05, 4.69) is 0 Å². The highest BCUT2D eigenvalue weighted by Gasteiger charge is 2.56. The van der Waals surface area contributed by atoms with Gasteiger partial charge in [-0.3, -0.25) is 9.59 Å². The minimum Gasteiger partial charge on any atom is -0.480 e. The summed E-state index contributed by atoms with van der Waals surface area (Å²) >= 11 is 0. The van der Waals surface area contributed by atoms with Crippen LogP contribution in [0.2, 0.25) is 0 Å². The molecule has 1 fully saturated rings. The molecular formula is C13H24N2O5. The van der Waals surface area contributed by atoms with Crippen LogP contribution in [-0.4, -0.2) is 47.4 Å². The summed E-state index contributed by atoms with van der Waals surface area (Å²) < 4.78 is 5.25. The van der Waals surface area contributed by atoms with Crippen molar-refractivity contribution in [2.45, 2.75) is 44.7 Å². The molecule has 7 heteroatoms. The van der Waals surface area contributed by atoms with Crippen molar-refractivity contribution in [3.05, 3.63) is 0 Å². The third-order valence-electron chi connectivity index (χ3n) is 4.25. The second-order valence-corrected chi connectivity index (χ2v) is 5.42. The molecule has 0 aromatic heterocycles. The fraction of sp³-hybridized carbons (Fsp3) is 0.846. The van der Waals surface area contributed by atoms with Gasteiger partial charge in [0.2, 0.25) is 0 Å². The summed E-state index contributed by atoms with van der Waals surface area (Å²) in [6, 6.07) is -0.560. The fourth-order valence-electron chi connectivity index (χ4n) is 2.69. The molecule has 1 saturated heterocycles. The van der Waals surface area contributed by atoms with E-state index in [9.17, 15) is 19.8 Å². The molecule has 20 heavy (non-hydrogen) atoms. The van der Waals surface area contributed by atoms with Gasteiger partial charge in [-0.05, 0) is 25.7 Å². The van der Waals surface area contributed by atoms with Gasteiger partial charge >= 0.3 is 11.9 Å². The first-order valence-corrected chi connectivity index (χ1v) is 6.92. The molecule has 0 radical (unpaired) electrons. The van der Waals surface area contributed by atoms with E-state index in [1.54, 1.807) is 0 Å². The summed E-state index contributed by atoms with van der Waals surface area (Å²) in [5.74, 6) is -3.42. The first-order valence-electron chi connectivity index (χ1n) is 6.92. The van der Waals surface area contributed by atoms with Crippen molar-refractivity contribution in [2.24, 2.45) is 22.8 Å². The van der Waals surface area contributed by atoms with E-state index in [-0.39, 0.29) is 25.7 Å². The van der Waals surface area contributed by atoms with Crippen LogP contribution in [0.15, 0.2) is 0 Å². The van der Waals surface area contributed by atoms with Crippen molar-refractivity contribution in [1.82, 2.24) is 0 Å². The van der Waals surface area contributed by atoms with Gasteiger partial charge in [-0.2, -0.15) is 0 Å². The van der Waals surface area contributed by atoms with E-state index >= 15 is 0 Å². The Morgan fingerprint density at radius 3 is 2.40 bits per heavy atom. The molecule has 116 valence electrons. The molecular weight excluding hydrogens is 264 g/mol. The third kappa shape index (κ3) is 3.28. The quantitative estimate of drug-likeness (QED) is 0.485. The first-order chi connectivity index (χ1) is 9.36. The lowest BCUT2D eigenvalue weighted by molar-refractivity contribution is -0.180. The van der Waals surface area contributed by atoms with E-state index in [1.807, 2.05) is 6.92 Å². The Balaban J connectivity index is 2.87. The highest BCUT2D eigenvalue weighted by Crippen LogP contribution is 2.39. The summed E-state index contributed by atoms with van der Waals surface area (Å²) in [5.41, 5.74) is 10.0. The SMILES string of the molecule is CCC(N)CCC(N)C1COCCC1(C(=O)O)C(=O)O. The van der Waals surface area contributed by atoms with Crippen LogP contribution < -0.4 is 11.5 Å². The molecule has 0 saturated carbocycles. The van der Waals surface area contributed by atoms with E-state index in [0.29, 0.717) is 12.8 Å². The molecule has 0 spiro atoms. The molecule has 0 aliphatic carbocycles. The summed E-state index contributed by atoms with van der Waals surface area (Å²) in [5, 5.41) is 18.8. The van der Waals surface area contributed by atoms with Gasteiger partial charge in [0.25, 0.3) is 0 Å². The zero-order valence-electron chi connectivity index (χ0n) is 11.7. The number of ether oxygens (including phenoxy) is 1. The summed E-state index contributed by atoms with van der Waals surface area (Å²) in [6.07, 6.45) is 1.88. The zero-order chi connectivity index (χ0) is 15.3. The van der Waals surface area contributed by atoms with Crippen LogP contribution in [0.4, 0.5) is 0 Å². The minimum atomic E-state index is -1.85. The summed E-state index contributed by atoms with van der Waals surface area (Å²) in [4.78, 5) is 23.0. The normalized spacial score (nSPS) is 24.9. The summed E-state index contributed by atoms with van der Waals surface area (Å²) in [6.45, 7) is 2.14. The van der Waals surface area contributed by atoms with E-state index < -0.39 is 29.3 Å². The van der Waals surface area contributed by atoms with Gasteiger partial charge in [0.05, 0.1) is 6.61 Å². The number of hydrogen-bond donors (Lipinski definition) is 4. The number of carboxylic acids is 2. The van der Waals surface area contributed by atoms with Crippen molar-refractivity contribution < 1.29 is 24.5 Å². The smallest absolute Gasteiger partial charge is 0.321 e. The topological polar surface area (TPSA) is 136 Å². The van der Waals surface area contributed by atoms with Crippen LogP contribution in [-0.2, 0) is 14.3 Å². The Morgan fingerprint density at radius 1 is 1.30 bits per heavy atom. The molecule has 1 heterocycles. The molecule has 3 atom stereocenters. The van der Waals surface area contributed by atoms with Crippen LogP contribution in [0.3, 0.4) is 0 Å². The van der Waals surface area contributed by atoms with Crippen LogP contribution >= 0.6 is 0 Å². The third-order valence-corrected chi connectivity index (χ3v) is 4.25. The van der Waals surface area contributed by atoms with Gasteiger partial charge in [0, 0.05) is 24.6 Å². The van der Waals surface area contributed by atoms with Gasteiger partial charge in [-0.1, -0.05) is 6.92 Å². The van der Waals surface area contributed by atoms with Gasteiger partial charge < -0.3 is 26.4 Å². The first kappa shape index (κ1) is 16.9. The Kier molecular flexibility index (Phi) is 5.91. The number of carbonyl (C=O) groups is 2. The monoisotopic (exact) mass is 288 g/mol. The van der Waals surface area contributed by atoms with Crippen molar-refractivity contribution >= 4 is 11.9 Å². The second-order valence-electron chi connectivity index (χ2n) is 5.42. The maximum absolute atomic E-state index is 11.5. The number of hydrogen-bond acceptors (Lipinski definition) is 5. The standard InChI is InChI=1S/C13H24N2O5/c1-2-8(14)3-4-10(15)9-7-20-6-5-13(9,11(16)17)12(18)19/h8-10H,2-7,14-15H2,1H3,(H,16,17)(H,18,19). The average Bonchev–Trinajstić information content (AvgIpc) is 2.43. The molecule has 1 aliphatic heterocycles. The summed E-state index contributed by atoms with van der Waals surface area (Å²) in [7, 11) is 0. The lowest BCUT2D eigenvalue weighted by Gasteiger charge is -2.40. The molecule has 0 bridgehead atoms. The van der Waals surface area contributed by atoms with Gasteiger partial charge in [-0.15, -0.1) is 0 Å². The second kappa shape index (κ2) is 7.01. The maximum Gasteiger partial charge on any atom is 0.321 e. The van der Waals surface area contributed by atoms with E-state index in [0.717, 1.165) is 6.42 Å². The molecule has 0 aromatic carbocycles. The molecule has 1 aliphatic rings. The lowest BCUT2D eigenvalue weighted by Crippen LogP contribution is -2.57. The average molecular weight is 288 g/mol.